The normalized spacial score (nSPS) is 20.3. The number of carbonyl (C=O) groups excluding carboxylic acids is 1. The van der Waals surface area contributed by atoms with Gasteiger partial charge in [-0.25, -0.2) is 0 Å². The lowest BCUT2D eigenvalue weighted by Gasteiger charge is -2.34. The van der Waals surface area contributed by atoms with Gasteiger partial charge in [-0.15, -0.1) is 0 Å². The third-order valence-corrected chi connectivity index (χ3v) is 7.70. The van der Waals surface area contributed by atoms with Crippen molar-refractivity contribution < 1.29 is 9.90 Å². The molecule has 2 aromatic rings. The average molecular weight is 448 g/mol. The first-order chi connectivity index (χ1) is 16.2. The van der Waals surface area contributed by atoms with E-state index in [0.717, 1.165) is 55.2 Å². The molecule has 3 aliphatic rings. The summed E-state index contributed by atoms with van der Waals surface area (Å²) in [4.78, 5) is 17.2. The molecule has 0 aromatic heterocycles. The molecule has 176 valence electrons. The third kappa shape index (κ3) is 5.42. The van der Waals surface area contributed by atoms with Gasteiger partial charge in [0.1, 0.15) is 0 Å². The minimum absolute atomic E-state index is 0.0538. The summed E-state index contributed by atoms with van der Waals surface area (Å²) in [5.74, 6) is 0.833. The van der Waals surface area contributed by atoms with Crippen LogP contribution in [0.15, 0.2) is 42.5 Å². The van der Waals surface area contributed by atoms with Gasteiger partial charge in [0.15, 0.2) is 0 Å². The van der Waals surface area contributed by atoms with Crippen molar-refractivity contribution >= 4 is 11.6 Å². The quantitative estimate of drug-likeness (QED) is 0.671. The Morgan fingerprint density at radius 2 is 1.73 bits per heavy atom. The van der Waals surface area contributed by atoms with E-state index in [0.29, 0.717) is 19.6 Å². The number of carbonyl (C=O) groups is 1. The molecule has 5 rings (SSSR count). The van der Waals surface area contributed by atoms with Gasteiger partial charge in [-0.1, -0.05) is 43.5 Å². The van der Waals surface area contributed by atoms with E-state index in [1.165, 1.54) is 43.2 Å². The van der Waals surface area contributed by atoms with Crippen molar-refractivity contribution in [2.75, 3.05) is 38.0 Å². The number of amides is 1. The fourth-order valence-corrected chi connectivity index (χ4v) is 5.79. The number of fused-ring (bicyclic) bond motifs is 2. The Morgan fingerprint density at radius 3 is 2.58 bits per heavy atom. The molecule has 0 radical (unpaired) electrons. The largest absolute Gasteiger partial charge is 0.390 e. The highest BCUT2D eigenvalue weighted by Crippen LogP contribution is 2.26. The molecule has 2 aliphatic heterocycles. The van der Waals surface area contributed by atoms with Gasteiger partial charge >= 0.3 is 0 Å². The second kappa shape index (κ2) is 10.3. The molecule has 0 saturated heterocycles. The summed E-state index contributed by atoms with van der Waals surface area (Å²) in [5.41, 5.74) is 5.83. The van der Waals surface area contributed by atoms with Crippen LogP contribution in [0.5, 0.6) is 0 Å². The molecule has 1 amide bonds. The number of anilines is 1. The number of nitrogens with one attached hydrogen (secondary N) is 1. The molecule has 1 aliphatic carbocycles. The summed E-state index contributed by atoms with van der Waals surface area (Å²) in [6.45, 7) is 4.55. The predicted molar refractivity (Wildman–Crippen MR) is 133 cm³/mol. The van der Waals surface area contributed by atoms with Gasteiger partial charge in [-0.2, -0.15) is 0 Å². The van der Waals surface area contributed by atoms with Crippen LogP contribution in [0.2, 0.25) is 0 Å². The SMILES string of the molecule is O=C1c2ccc(NCC3CCCCC3)cc2CCN1CC(O)CN1CCc2ccccc2C1. The van der Waals surface area contributed by atoms with Crippen LogP contribution in [-0.2, 0) is 19.4 Å². The maximum Gasteiger partial charge on any atom is 0.254 e. The van der Waals surface area contributed by atoms with Gasteiger partial charge in [-0.3, -0.25) is 9.69 Å². The van der Waals surface area contributed by atoms with Crippen LogP contribution in [-0.4, -0.2) is 59.6 Å². The number of β-amino-alcohol motifs (C(OH)–C–C–N with tert-alkyl or cyclic N) is 1. The van der Waals surface area contributed by atoms with Crippen LogP contribution in [0.25, 0.3) is 0 Å². The molecule has 1 atom stereocenters. The number of aliphatic hydroxyl groups is 1. The van der Waals surface area contributed by atoms with E-state index in [-0.39, 0.29) is 5.91 Å². The van der Waals surface area contributed by atoms with Crippen molar-refractivity contribution in [2.24, 2.45) is 5.92 Å². The Morgan fingerprint density at radius 1 is 0.939 bits per heavy atom. The molecule has 1 fully saturated rings. The summed E-state index contributed by atoms with van der Waals surface area (Å²) < 4.78 is 0. The molecule has 2 N–H and O–H groups in total. The van der Waals surface area contributed by atoms with Crippen molar-refractivity contribution in [1.82, 2.24) is 9.80 Å². The molecule has 33 heavy (non-hydrogen) atoms. The molecule has 2 heterocycles. The minimum atomic E-state index is -0.530. The Hall–Kier alpha value is -2.37. The first-order valence-corrected chi connectivity index (χ1v) is 12.8. The number of aliphatic hydroxyl groups excluding tert-OH is 1. The van der Waals surface area contributed by atoms with Gasteiger partial charge in [0.2, 0.25) is 0 Å². The lowest BCUT2D eigenvalue weighted by molar-refractivity contribution is 0.0493. The predicted octanol–water partition coefficient (Wildman–Crippen LogP) is 4.10. The van der Waals surface area contributed by atoms with Gasteiger partial charge in [-0.05, 0) is 66.5 Å². The fraction of sp³-hybridized carbons (Fsp3) is 0.536. The van der Waals surface area contributed by atoms with Crippen molar-refractivity contribution in [3.05, 3.63) is 64.7 Å². The van der Waals surface area contributed by atoms with Crippen LogP contribution in [0, 0.1) is 5.92 Å². The summed E-state index contributed by atoms with van der Waals surface area (Å²) in [6.07, 6.45) is 8.11. The highest BCUT2D eigenvalue weighted by Gasteiger charge is 2.27. The molecule has 0 bridgehead atoms. The molecule has 2 aromatic carbocycles. The molecule has 1 unspecified atom stereocenters. The number of hydrogen-bond acceptors (Lipinski definition) is 4. The molecule has 1 saturated carbocycles. The van der Waals surface area contributed by atoms with Crippen molar-refractivity contribution in [2.45, 2.75) is 57.6 Å². The van der Waals surface area contributed by atoms with E-state index in [4.69, 9.17) is 0 Å². The van der Waals surface area contributed by atoms with Crippen molar-refractivity contribution in [3.8, 4) is 0 Å². The first-order valence-electron chi connectivity index (χ1n) is 12.8. The second-order valence-corrected chi connectivity index (χ2v) is 10.2. The summed E-state index contributed by atoms with van der Waals surface area (Å²) >= 11 is 0. The maximum atomic E-state index is 13.1. The lowest BCUT2D eigenvalue weighted by atomic mass is 9.89. The van der Waals surface area contributed by atoms with E-state index < -0.39 is 6.10 Å². The summed E-state index contributed by atoms with van der Waals surface area (Å²) in [7, 11) is 0. The van der Waals surface area contributed by atoms with Crippen LogP contribution < -0.4 is 5.32 Å². The van der Waals surface area contributed by atoms with Crippen molar-refractivity contribution in [1.29, 1.82) is 0 Å². The Kier molecular flexibility index (Phi) is 6.98. The first kappa shape index (κ1) is 22.4. The van der Waals surface area contributed by atoms with Crippen LogP contribution >= 0.6 is 0 Å². The molecule has 0 spiro atoms. The number of nitrogens with zero attached hydrogens (tertiary/aromatic N) is 2. The van der Waals surface area contributed by atoms with E-state index in [1.807, 2.05) is 17.0 Å². The van der Waals surface area contributed by atoms with E-state index in [2.05, 4.69) is 40.5 Å². The molecular formula is C28H37N3O2. The van der Waals surface area contributed by atoms with Crippen LogP contribution in [0.3, 0.4) is 0 Å². The standard InChI is InChI=1S/C28H37N3O2/c32-26(19-30-14-12-22-8-4-5-9-24(22)18-30)20-31-15-13-23-16-25(10-11-27(23)28(31)33)29-17-21-6-2-1-3-7-21/h4-5,8-11,16,21,26,29,32H,1-3,6-7,12-15,17-20H2. The van der Waals surface area contributed by atoms with E-state index in [9.17, 15) is 9.90 Å². The lowest BCUT2D eigenvalue weighted by Crippen LogP contribution is -2.46. The van der Waals surface area contributed by atoms with Gasteiger partial charge in [0.05, 0.1) is 6.10 Å². The number of rotatable bonds is 7. The average Bonchev–Trinajstić information content (AvgIpc) is 2.85. The van der Waals surface area contributed by atoms with E-state index >= 15 is 0 Å². The topological polar surface area (TPSA) is 55.8 Å². The Balaban J connectivity index is 1.14. The van der Waals surface area contributed by atoms with Gasteiger partial charge in [0, 0.05) is 50.5 Å². The molecule has 5 heteroatoms. The zero-order chi connectivity index (χ0) is 22.6. The summed E-state index contributed by atoms with van der Waals surface area (Å²) in [6, 6.07) is 14.7. The molecule has 5 nitrogen and oxygen atoms in total. The van der Waals surface area contributed by atoms with Gasteiger partial charge in [0.25, 0.3) is 5.91 Å². The second-order valence-electron chi connectivity index (χ2n) is 10.2. The Labute approximate surface area is 197 Å². The highest BCUT2D eigenvalue weighted by molar-refractivity contribution is 5.97. The minimum Gasteiger partial charge on any atom is -0.390 e. The summed E-state index contributed by atoms with van der Waals surface area (Å²) in [5, 5.41) is 14.4. The molecular weight excluding hydrogens is 410 g/mol. The zero-order valence-electron chi connectivity index (χ0n) is 19.6. The smallest absolute Gasteiger partial charge is 0.254 e. The maximum absolute atomic E-state index is 13.1. The Bertz CT molecular complexity index is 969. The fourth-order valence-electron chi connectivity index (χ4n) is 5.79. The number of hydrogen-bond donors (Lipinski definition) is 2. The van der Waals surface area contributed by atoms with Crippen LogP contribution in [0.4, 0.5) is 5.69 Å². The van der Waals surface area contributed by atoms with Crippen LogP contribution in [0.1, 0.15) is 59.2 Å². The van der Waals surface area contributed by atoms with Gasteiger partial charge < -0.3 is 15.3 Å². The highest BCUT2D eigenvalue weighted by atomic mass is 16.3. The monoisotopic (exact) mass is 447 g/mol. The zero-order valence-corrected chi connectivity index (χ0v) is 19.6. The van der Waals surface area contributed by atoms with Crippen molar-refractivity contribution in [3.63, 3.8) is 0 Å². The third-order valence-electron chi connectivity index (χ3n) is 7.70. The van der Waals surface area contributed by atoms with E-state index in [1.54, 1.807) is 0 Å². The number of benzene rings is 2.